The molecule has 1 rings (SSSR count). The Morgan fingerprint density at radius 3 is 2.73 bits per heavy atom. The number of benzene rings is 1. The number of aliphatic hydroxyl groups excluding tert-OH is 1. The minimum atomic E-state index is -0.0379. The number of rotatable bonds is 1. The Morgan fingerprint density at radius 2 is 2.18 bits per heavy atom. The van der Waals surface area contributed by atoms with Crippen molar-refractivity contribution in [3.05, 3.63) is 28.3 Å². The minimum Gasteiger partial charge on any atom is -0.398 e. The van der Waals surface area contributed by atoms with Crippen LogP contribution in [-0.2, 0) is 6.61 Å². The van der Waals surface area contributed by atoms with Crippen molar-refractivity contribution in [2.75, 3.05) is 5.73 Å². The fourth-order valence-corrected chi connectivity index (χ4v) is 1.07. The van der Waals surface area contributed by atoms with Crippen LogP contribution in [0.1, 0.15) is 11.1 Å². The molecule has 60 valence electrons. The molecule has 3 N–H and O–H groups in total. The topological polar surface area (TPSA) is 46.2 Å². The number of aliphatic hydroxyl groups is 1. The van der Waals surface area contributed by atoms with Crippen LogP contribution in [0.3, 0.4) is 0 Å². The summed E-state index contributed by atoms with van der Waals surface area (Å²) in [4.78, 5) is 0. The van der Waals surface area contributed by atoms with Crippen LogP contribution in [0.15, 0.2) is 12.1 Å². The lowest BCUT2D eigenvalue weighted by molar-refractivity contribution is 0.282. The maximum Gasteiger partial charge on any atom is 0.0702 e. The van der Waals surface area contributed by atoms with Crippen LogP contribution in [0.5, 0.6) is 0 Å². The first-order valence-corrected chi connectivity index (χ1v) is 3.68. The SMILES string of the molecule is Cc1cc(CO)c(N)cc1Cl. The maximum atomic E-state index is 8.81. The van der Waals surface area contributed by atoms with Crippen molar-refractivity contribution < 1.29 is 5.11 Å². The van der Waals surface area contributed by atoms with E-state index in [9.17, 15) is 0 Å². The molecular formula is C8H10ClNO. The zero-order valence-electron chi connectivity index (χ0n) is 6.26. The van der Waals surface area contributed by atoms with E-state index in [0.29, 0.717) is 10.7 Å². The second-order valence-electron chi connectivity index (χ2n) is 2.46. The van der Waals surface area contributed by atoms with Gasteiger partial charge in [0.15, 0.2) is 0 Å². The molecule has 0 aliphatic rings. The summed E-state index contributed by atoms with van der Waals surface area (Å²) in [6.45, 7) is 1.84. The fraction of sp³-hybridized carbons (Fsp3) is 0.250. The number of hydrogen-bond acceptors (Lipinski definition) is 2. The fourth-order valence-electron chi connectivity index (χ4n) is 0.894. The van der Waals surface area contributed by atoms with Gasteiger partial charge in [0.05, 0.1) is 6.61 Å². The molecule has 0 fully saturated rings. The first kappa shape index (κ1) is 8.37. The minimum absolute atomic E-state index is 0.0379. The molecule has 0 amide bonds. The zero-order chi connectivity index (χ0) is 8.43. The highest BCUT2D eigenvalue weighted by atomic mass is 35.5. The quantitative estimate of drug-likeness (QED) is 0.633. The molecule has 0 aliphatic heterocycles. The Labute approximate surface area is 70.6 Å². The highest BCUT2D eigenvalue weighted by Crippen LogP contribution is 2.22. The number of anilines is 1. The second-order valence-corrected chi connectivity index (χ2v) is 2.87. The van der Waals surface area contributed by atoms with Gasteiger partial charge in [-0.3, -0.25) is 0 Å². The number of hydrogen-bond donors (Lipinski definition) is 2. The first-order valence-electron chi connectivity index (χ1n) is 3.30. The second kappa shape index (κ2) is 3.11. The number of nitrogens with two attached hydrogens (primary N) is 1. The predicted octanol–water partition coefficient (Wildman–Crippen LogP) is 1.72. The van der Waals surface area contributed by atoms with Crippen molar-refractivity contribution in [3.8, 4) is 0 Å². The van der Waals surface area contributed by atoms with E-state index in [-0.39, 0.29) is 6.61 Å². The van der Waals surface area contributed by atoms with Gasteiger partial charge in [0.2, 0.25) is 0 Å². The predicted molar refractivity (Wildman–Crippen MR) is 46.5 cm³/mol. The van der Waals surface area contributed by atoms with E-state index in [0.717, 1.165) is 11.1 Å². The molecule has 0 atom stereocenters. The summed E-state index contributed by atoms with van der Waals surface area (Å²) in [5.74, 6) is 0. The lowest BCUT2D eigenvalue weighted by Crippen LogP contribution is -1.94. The average Bonchev–Trinajstić information content (AvgIpc) is 1.97. The molecule has 0 aromatic heterocycles. The molecule has 0 bridgehead atoms. The summed E-state index contributed by atoms with van der Waals surface area (Å²) in [5.41, 5.74) is 7.76. The summed E-state index contributed by atoms with van der Waals surface area (Å²) in [6.07, 6.45) is 0. The third kappa shape index (κ3) is 1.64. The monoisotopic (exact) mass is 171 g/mol. The van der Waals surface area contributed by atoms with Gasteiger partial charge in [0.1, 0.15) is 0 Å². The average molecular weight is 172 g/mol. The maximum absolute atomic E-state index is 8.81. The Morgan fingerprint density at radius 1 is 1.55 bits per heavy atom. The number of halogens is 1. The molecule has 1 aromatic carbocycles. The Kier molecular flexibility index (Phi) is 2.37. The lowest BCUT2D eigenvalue weighted by atomic mass is 10.1. The third-order valence-corrected chi connectivity index (χ3v) is 2.00. The summed E-state index contributed by atoms with van der Waals surface area (Å²) in [6, 6.07) is 3.44. The van der Waals surface area contributed by atoms with Crippen LogP contribution in [0.2, 0.25) is 5.02 Å². The molecule has 0 saturated heterocycles. The van der Waals surface area contributed by atoms with E-state index in [1.165, 1.54) is 0 Å². The molecule has 0 unspecified atom stereocenters. The van der Waals surface area contributed by atoms with Gasteiger partial charge in [-0.1, -0.05) is 17.7 Å². The lowest BCUT2D eigenvalue weighted by Gasteiger charge is -2.04. The van der Waals surface area contributed by atoms with Crippen LogP contribution < -0.4 is 5.73 Å². The van der Waals surface area contributed by atoms with Crippen molar-refractivity contribution in [2.24, 2.45) is 0 Å². The molecule has 3 heteroatoms. The van der Waals surface area contributed by atoms with Gasteiger partial charge in [0.25, 0.3) is 0 Å². The third-order valence-electron chi connectivity index (χ3n) is 1.59. The number of aryl methyl sites for hydroxylation is 1. The summed E-state index contributed by atoms with van der Waals surface area (Å²) >= 11 is 5.78. The number of nitrogen functional groups attached to an aromatic ring is 1. The molecule has 11 heavy (non-hydrogen) atoms. The van der Waals surface area contributed by atoms with Gasteiger partial charge in [-0.15, -0.1) is 0 Å². The van der Waals surface area contributed by atoms with Crippen LogP contribution in [-0.4, -0.2) is 5.11 Å². The van der Waals surface area contributed by atoms with E-state index in [4.69, 9.17) is 22.4 Å². The van der Waals surface area contributed by atoms with Gasteiger partial charge < -0.3 is 10.8 Å². The molecule has 0 heterocycles. The van der Waals surface area contributed by atoms with Crippen LogP contribution in [0.25, 0.3) is 0 Å². The van der Waals surface area contributed by atoms with Gasteiger partial charge in [-0.05, 0) is 18.6 Å². The summed E-state index contributed by atoms with van der Waals surface area (Å²) in [7, 11) is 0. The highest BCUT2D eigenvalue weighted by Gasteiger charge is 2.01. The van der Waals surface area contributed by atoms with Crippen molar-refractivity contribution in [2.45, 2.75) is 13.5 Å². The van der Waals surface area contributed by atoms with Crippen LogP contribution >= 0.6 is 11.6 Å². The molecule has 0 saturated carbocycles. The van der Waals surface area contributed by atoms with Crippen molar-refractivity contribution in [3.63, 3.8) is 0 Å². The smallest absolute Gasteiger partial charge is 0.0702 e. The molecular weight excluding hydrogens is 162 g/mol. The molecule has 1 aromatic rings. The Bertz CT molecular complexity index is 273. The van der Waals surface area contributed by atoms with Crippen molar-refractivity contribution in [1.82, 2.24) is 0 Å². The van der Waals surface area contributed by atoms with Gasteiger partial charge in [-0.25, -0.2) is 0 Å². The molecule has 0 spiro atoms. The highest BCUT2D eigenvalue weighted by molar-refractivity contribution is 6.31. The van der Waals surface area contributed by atoms with E-state index >= 15 is 0 Å². The van der Waals surface area contributed by atoms with Gasteiger partial charge in [-0.2, -0.15) is 0 Å². The van der Waals surface area contributed by atoms with Gasteiger partial charge >= 0.3 is 0 Å². The Hall–Kier alpha value is -0.730. The van der Waals surface area contributed by atoms with E-state index in [1.807, 2.05) is 6.92 Å². The largest absolute Gasteiger partial charge is 0.398 e. The zero-order valence-corrected chi connectivity index (χ0v) is 7.02. The Balaban J connectivity index is 3.21. The van der Waals surface area contributed by atoms with E-state index in [1.54, 1.807) is 12.1 Å². The molecule has 0 aliphatic carbocycles. The summed E-state index contributed by atoms with van der Waals surface area (Å²) in [5, 5.41) is 9.45. The van der Waals surface area contributed by atoms with Crippen LogP contribution in [0.4, 0.5) is 5.69 Å². The van der Waals surface area contributed by atoms with Crippen LogP contribution in [0, 0.1) is 6.92 Å². The molecule has 0 radical (unpaired) electrons. The summed E-state index contributed by atoms with van der Waals surface area (Å²) < 4.78 is 0. The van der Waals surface area contributed by atoms with E-state index in [2.05, 4.69) is 0 Å². The van der Waals surface area contributed by atoms with Crippen molar-refractivity contribution >= 4 is 17.3 Å². The standard InChI is InChI=1S/C8H10ClNO/c1-5-2-6(4-11)8(10)3-7(5)9/h2-3,11H,4,10H2,1H3. The van der Waals surface area contributed by atoms with Gasteiger partial charge in [0, 0.05) is 16.3 Å². The molecule has 2 nitrogen and oxygen atoms in total. The van der Waals surface area contributed by atoms with E-state index < -0.39 is 0 Å². The van der Waals surface area contributed by atoms with Crippen molar-refractivity contribution in [1.29, 1.82) is 0 Å². The normalized spacial score (nSPS) is 10.1. The first-order chi connectivity index (χ1) is 5.15.